The van der Waals surface area contributed by atoms with E-state index in [-0.39, 0.29) is 5.78 Å². The number of rotatable bonds is 9. The van der Waals surface area contributed by atoms with Gasteiger partial charge in [0, 0.05) is 23.8 Å². The summed E-state index contributed by atoms with van der Waals surface area (Å²) in [4.78, 5) is 18.7. The van der Waals surface area contributed by atoms with Crippen molar-refractivity contribution in [1.82, 2.24) is 4.98 Å². The second kappa shape index (κ2) is 10.9. The maximum absolute atomic E-state index is 14.2. The van der Waals surface area contributed by atoms with Crippen molar-refractivity contribution in [2.24, 2.45) is 5.41 Å². The summed E-state index contributed by atoms with van der Waals surface area (Å²) in [7, 11) is 0. The molecule has 35 heavy (non-hydrogen) atoms. The third-order valence-corrected chi connectivity index (χ3v) is 7.01. The number of ketones is 1. The third-order valence-electron chi connectivity index (χ3n) is 6.79. The van der Waals surface area contributed by atoms with Crippen LogP contribution in [0, 0.1) is 24.7 Å². The normalized spacial score (nSPS) is 17.6. The molecule has 5 heteroatoms. The van der Waals surface area contributed by atoms with Crippen molar-refractivity contribution < 1.29 is 4.79 Å². The van der Waals surface area contributed by atoms with Crippen LogP contribution >= 0.6 is 12.6 Å². The van der Waals surface area contributed by atoms with Gasteiger partial charge in [0.05, 0.1) is 5.41 Å². The number of hydrogen-bond acceptors (Lipinski definition) is 5. The number of carbonyl (C=O) groups is 1. The first-order chi connectivity index (χ1) is 17.0. The van der Waals surface area contributed by atoms with Crippen LogP contribution in [-0.4, -0.2) is 22.7 Å². The van der Waals surface area contributed by atoms with Crippen LogP contribution in [-0.2, 0) is 6.42 Å². The van der Waals surface area contributed by atoms with Crippen molar-refractivity contribution >= 4 is 30.3 Å². The first-order valence-electron chi connectivity index (χ1n) is 11.9. The van der Waals surface area contributed by atoms with Gasteiger partial charge in [0.25, 0.3) is 0 Å². The Morgan fingerprint density at radius 1 is 1.09 bits per heavy atom. The van der Waals surface area contributed by atoms with E-state index >= 15 is 0 Å². The van der Waals surface area contributed by atoms with Crippen LogP contribution in [0.15, 0.2) is 95.8 Å². The molecule has 0 fully saturated rings. The molecule has 0 aliphatic heterocycles. The van der Waals surface area contributed by atoms with Crippen molar-refractivity contribution in [2.45, 2.75) is 33.1 Å². The SMILES string of the molecule is Cc1ccc(CC2(C(=O)c3ccccn3)CC(C=N)=C(Nc3ccccc3)C=C2CCS)cc1C. The summed E-state index contributed by atoms with van der Waals surface area (Å²) >= 11 is 4.55. The lowest BCUT2D eigenvalue weighted by atomic mass is 9.64. The molecular weight excluding hydrogens is 450 g/mol. The van der Waals surface area contributed by atoms with Gasteiger partial charge >= 0.3 is 0 Å². The van der Waals surface area contributed by atoms with Crippen molar-refractivity contribution in [3.8, 4) is 0 Å². The largest absolute Gasteiger partial charge is 0.355 e. The van der Waals surface area contributed by atoms with Gasteiger partial charge in [-0.05, 0) is 91.5 Å². The van der Waals surface area contributed by atoms with Gasteiger partial charge in [-0.3, -0.25) is 9.78 Å². The predicted octanol–water partition coefficient (Wildman–Crippen LogP) is 6.78. The number of aromatic nitrogens is 1. The Morgan fingerprint density at radius 2 is 1.86 bits per heavy atom. The summed E-state index contributed by atoms with van der Waals surface area (Å²) in [6, 6.07) is 21.8. The number of para-hydroxylation sites is 1. The summed E-state index contributed by atoms with van der Waals surface area (Å²) in [5.41, 5.74) is 6.75. The molecule has 2 aromatic carbocycles. The highest BCUT2D eigenvalue weighted by Crippen LogP contribution is 2.46. The van der Waals surface area contributed by atoms with Gasteiger partial charge < -0.3 is 10.7 Å². The summed E-state index contributed by atoms with van der Waals surface area (Å²) in [6.45, 7) is 4.19. The van der Waals surface area contributed by atoms with Crippen molar-refractivity contribution in [1.29, 1.82) is 5.41 Å². The number of benzene rings is 2. The smallest absolute Gasteiger partial charge is 0.192 e. The van der Waals surface area contributed by atoms with Crippen LogP contribution in [0.2, 0.25) is 0 Å². The number of nitrogens with one attached hydrogen (secondary N) is 2. The van der Waals surface area contributed by atoms with Crippen LogP contribution in [0.3, 0.4) is 0 Å². The zero-order chi connectivity index (χ0) is 24.8. The maximum Gasteiger partial charge on any atom is 0.192 e. The first kappa shape index (κ1) is 24.7. The molecule has 1 atom stereocenters. The maximum atomic E-state index is 14.2. The van der Waals surface area contributed by atoms with Crippen molar-refractivity contribution in [3.05, 3.63) is 118 Å². The molecule has 1 aliphatic rings. The summed E-state index contributed by atoms with van der Waals surface area (Å²) in [5, 5.41) is 11.7. The van der Waals surface area contributed by atoms with E-state index in [9.17, 15) is 4.79 Å². The summed E-state index contributed by atoms with van der Waals surface area (Å²) < 4.78 is 0. The topological polar surface area (TPSA) is 65.8 Å². The molecule has 0 saturated carbocycles. The molecular formula is C30H31N3OS. The molecule has 4 nitrogen and oxygen atoms in total. The molecule has 0 saturated heterocycles. The number of allylic oxidation sites excluding steroid dienone is 3. The number of carbonyl (C=O) groups excluding carboxylic acids is 1. The van der Waals surface area contributed by atoms with Crippen LogP contribution in [0.4, 0.5) is 5.69 Å². The number of Topliss-reactive ketones (excluding diaryl/α,β-unsaturated/α-hetero) is 1. The lowest BCUT2D eigenvalue weighted by molar-refractivity contribution is 0.0827. The molecule has 0 radical (unpaired) electrons. The van der Waals surface area contributed by atoms with E-state index in [1.165, 1.54) is 17.3 Å². The van der Waals surface area contributed by atoms with E-state index in [1.54, 1.807) is 12.3 Å². The van der Waals surface area contributed by atoms with Crippen molar-refractivity contribution in [3.63, 3.8) is 0 Å². The predicted molar refractivity (Wildman–Crippen MR) is 148 cm³/mol. The fraction of sp³-hybridized carbons (Fsp3) is 0.233. The van der Waals surface area contributed by atoms with E-state index in [2.05, 4.69) is 61.1 Å². The minimum absolute atomic E-state index is 0.0116. The average Bonchev–Trinajstić information content (AvgIpc) is 2.88. The van der Waals surface area contributed by atoms with Crippen LogP contribution in [0.5, 0.6) is 0 Å². The summed E-state index contributed by atoms with van der Waals surface area (Å²) in [5.74, 6) is 0.608. The number of anilines is 1. The Hall–Kier alpha value is -3.44. The van der Waals surface area contributed by atoms with Gasteiger partial charge in [0.1, 0.15) is 5.69 Å². The second-order valence-electron chi connectivity index (χ2n) is 9.12. The molecule has 1 unspecified atom stereocenters. The van der Waals surface area contributed by atoms with Gasteiger partial charge in [-0.1, -0.05) is 48.0 Å². The van der Waals surface area contributed by atoms with Gasteiger partial charge in [-0.25, -0.2) is 0 Å². The monoisotopic (exact) mass is 481 g/mol. The molecule has 2 N–H and O–H groups in total. The molecule has 0 amide bonds. The van der Waals surface area contributed by atoms with Gasteiger partial charge in [0.15, 0.2) is 5.78 Å². The molecule has 1 aromatic heterocycles. The van der Waals surface area contributed by atoms with Gasteiger partial charge in [0.2, 0.25) is 0 Å². The standard InChI is InChI=1S/C30H31N3OS/c1-21-11-12-23(16-22(21)2)18-30(29(34)27-10-6-7-14-32-27)19-24(20-31)28(17-25(30)13-15-35)33-26-8-4-3-5-9-26/h3-12,14,16-17,20,31,33,35H,13,15,18-19H2,1-2H3. The number of thiol groups is 1. The van der Waals surface area contributed by atoms with Gasteiger partial charge in [-0.15, -0.1) is 0 Å². The number of hydrogen-bond donors (Lipinski definition) is 3. The number of aryl methyl sites for hydroxylation is 2. The Labute approximate surface area is 213 Å². The van der Waals surface area contributed by atoms with Crippen LogP contribution in [0.1, 0.15) is 40.0 Å². The summed E-state index contributed by atoms with van der Waals surface area (Å²) in [6.07, 6.45) is 6.73. The molecule has 178 valence electrons. The zero-order valence-electron chi connectivity index (χ0n) is 20.2. The number of pyridine rings is 1. The van der Waals surface area contributed by atoms with Crippen LogP contribution < -0.4 is 5.32 Å². The molecule has 4 rings (SSSR count). The highest BCUT2D eigenvalue weighted by molar-refractivity contribution is 7.80. The van der Waals surface area contributed by atoms with Gasteiger partial charge in [-0.2, -0.15) is 12.6 Å². The molecule has 1 heterocycles. The Balaban J connectivity index is 1.85. The highest BCUT2D eigenvalue weighted by atomic mass is 32.1. The van der Waals surface area contributed by atoms with E-state index in [4.69, 9.17) is 5.41 Å². The minimum atomic E-state index is -0.840. The lowest BCUT2D eigenvalue weighted by Crippen LogP contribution is -2.39. The molecule has 3 aromatic rings. The molecule has 1 aliphatic carbocycles. The van der Waals surface area contributed by atoms with Crippen LogP contribution in [0.25, 0.3) is 0 Å². The average molecular weight is 482 g/mol. The Morgan fingerprint density at radius 3 is 2.51 bits per heavy atom. The van der Waals surface area contributed by atoms with E-state index in [1.807, 2.05) is 42.5 Å². The molecule has 0 spiro atoms. The van der Waals surface area contributed by atoms with E-state index in [0.29, 0.717) is 30.7 Å². The molecule has 0 bridgehead atoms. The van der Waals surface area contributed by atoms with E-state index in [0.717, 1.165) is 28.1 Å². The lowest BCUT2D eigenvalue weighted by Gasteiger charge is -2.39. The quantitative estimate of drug-likeness (QED) is 0.179. The van der Waals surface area contributed by atoms with E-state index < -0.39 is 5.41 Å². The first-order valence-corrected chi connectivity index (χ1v) is 12.5. The minimum Gasteiger partial charge on any atom is -0.355 e. The third kappa shape index (κ3) is 5.30. The van der Waals surface area contributed by atoms with Crippen molar-refractivity contribution in [2.75, 3.05) is 11.1 Å². The highest BCUT2D eigenvalue weighted by Gasteiger charge is 2.45. The zero-order valence-corrected chi connectivity index (χ0v) is 21.1. The number of nitrogens with zero attached hydrogens (tertiary/aromatic N) is 1. The fourth-order valence-electron chi connectivity index (χ4n) is 4.78. The Bertz CT molecular complexity index is 1280. The second-order valence-corrected chi connectivity index (χ2v) is 9.56. The fourth-order valence-corrected chi connectivity index (χ4v) is 5.02. The Kier molecular flexibility index (Phi) is 7.67.